The van der Waals surface area contributed by atoms with Gasteiger partial charge in [0.15, 0.2) is 0 Å². The smallest absolute Gasteiger partial charge is 0.132 e. The van der Waals surface area contributed by atoms with Crippen LogP contribution in [-0.4, -0.2) is 41.0 Å². The molecule has 0 saturated heterocycles. The fourth-order valence-corrected chi connectivity index (χ4v) is 11.8. The number of hydrazone groups is 1. The third-order valence-electron chi connectivity index (χ3n) is 14.9. The molecule has 72 heavy (non-hydrogen) atoms. The van der Waals surface area contributed by atoms with Crippen LogP contribution in [0, 0.1) is 0 Å². The number of hydrogen-bond donors (Lipinski definition) is 0. The molecule has 12 aromatic rings. The van der Waals surface area contributed by atoms with Crippen LogP contribution in [0.25, 0.3) is 93.8 Å². The zero-order valence-corrected chi connectivity index (χ0v) is 39.4. The summed E-state index contributed by atoms with van der Waals surface area (Å²) in [6.07, 6.45) is 1.92. The lowest BCUT2D eigenvalue weighted by Gasteiger charge is -2.27. The zero-order valence-electron chi connectivity index (χ0n) is 39.4. The molecule has 0 aliphatic carbocycles. The number of aromatic nitrogens is 2. The van der Waals surface area contributed by atoms with E-state index in [9.17, 15) is 0 Å². The van der Waals surface area contributed by atoms with Gasteiger partial charge in [-0.3, -0.25) is 5.01 Å². The van der Waals surface area contributed by atoms with E-state index in [-0.39, 0.29) is 0 Å². The zero-order chi connectivity index (χ0) is 47.4. The van der Waals surface area contributed by atoms with Crippen molar-refractivity contribution >= 4 is 72.7 Å². The number of ether oxygens (including phenoxy) is 1. The third-order valence-corrected chi connectivity index (χ3v) is 14.9. The molecule has 10 aromatic carbocycles. The van der Waals surface area contributed by atoms with Gasteiger partial charge in [-0.05, 0) is 76.9 Å². The van der Waals surface area contributed by atoms with Crippen molar-refractivity contribution in [3.05, 3.63) is 224 Å². The van der Waals surface area contributed by atoms with Gasteiger partial charge in [-0.25, -0.2) is 9.69 Å². The Morgan fingerprint density at radius 2 is 1.07 bits per heavy atom. The number of rotatable bonds is 7. The molecule has 0 amide bonds. The maximum atomic E-state index is 6.96. The van der Waals surface area contributed by atoms with E-state index < -0.39 is 0 Å². The summed E-state index contributed by atoms with van der Waals surface area (Å²) in [6, 6.07) is 81.0. The van der Waals surface area contributed by atoms with Crippen molar-refractivity contribution in [2.75, 3.05) is 35.2 Å². The molecular weight excluding hydrogens is 883 g/mol. The van der Waals surface area contributed by atoms with E-state index in [1.54, 1.807) is 0 Å². The average Bonchev–Trinajstić information content (AvgIpc) is 4.20. The van der Waals surface area contributed by atoms with E-state index in [0.29, 0.717) is 13.3 Å². The molecule has 3 aliphatic rings. The van der Waals surface area contributed by atoms with E-state index in [0.717, 1.165) is 50.7 Å². The Bertz CT molecular complexity index is 4140. The van der Waals surface area contributed by atoms with E-state index in [4.69, 9.17) is 9.84 Å². The van der Waals surface area contributed by atoms with Crippen LogP contribution in [0.1, 0.15) is 0 Å². The number of hydrogen-bond acceptors (Lipinski definition) is 6. The molecule has 342 valence electrons. The number of anilines is 4. The van der Waals surface area contributed by atoms with Crippen molar-refractivity contribution in [3.8, 4) is 61.7 Å². The van der Waals surface area contributed by atoms with Crippen molar-refractivity contribution in [2.45, 2.75) is 0 Å². The molecule has 8 nitrogen and oxygen atoms in total. The van der Waals surface area contributed by atoms with Gasteiger partial charge in [-0.2, -0.15) is 5.10 Å². The fourth-order valence-electron chi connectivity index (χ4n) is 11.8. The first kappa shape index (κ1) is 40.4. The lowest BCUT2D eigenvalue weighted by molar-refractivity contribution is 0.378. The Kier molecular flexibility index (Phi) is 8.83. The van der Waals surface area contributed by atoms with Crippen molar-refractivity contribution in [2.24, 2.45) is 5.10 Å². The summed E-state index contributed by atoms with van der Waals surface area (Å²) in [6.45, 7) is 1.22. The lowest BCUT2D eigenvalue weighted by Crippen LogP contribution is -2.34. The average molecular weight is 928 g/mol. The van der Waals surface area contributed by atoms with Gasteiger partial charge in [0, 0.05) is 68.7 Å². The maximum absolute atomic E-state index is 6.96. The minimum Gasteiger partial charge on any atom is -0.457 e. The topological polar surface area (TPSA) is 44.4 Å². The number of para-hydroxylation sites is 5. The molecule has 0 spiro atoms. The van der Waals surface area contributed by atoms with Crippen LogP contribution in [-0.2, 0) is 0 Å². The minimum absolute atomic E-state index is 0.602. The summed E-state index contributed by atoms with van der Waals surface area (Å²) < 4.78 is 11.8. The first-order valence-electron chi connectivity index (χ1n) is 24.6. The Labute approximate surface area is 416 Å². The van der Waals surface area contributed by atoms with Crippen molar-refractivity contribution in [1.29, 1.82) is 0 Å². The monoisotopic (exact) mass is 927 g/mol. The van der Waals surface area contributed by atoms with Crippen molar-refractivity contribution < 1.29 is 4.74 Å². The van der Waals surface area contributed by atoms with Gasteiger partial charge in [0.05, 0.1) is 44.8 Å². The molecule has 8 heteroatoms. The number of nitrogens with zero attached hydrogens (tertiary/aromatic N) is 7. The maximum Gasteiger partial charge on any atom is 0.132 e. The van der Waals surface area contributed by atoms with Gasteiger partial charge in [0.25, 0.3) is 0 Å². The largest absolute Gasteiger partial charge is 0.457 e. The standard InChI is InChI=1S/C64H45N7O/c1-66-40-67(39-65-66)71-59-36-35-58-61(51-25-9-8-23-49(51)52-28-16-29-53-50-24-10-11-30-55(50)70(58)64(52)53)62(59)54-34-33-46(38-60(54)71)72-45-22-14-21-44(37-45)68-41-69(57-32-13-12-31-56(57)68)63-47(42-17-4-2-5-18-42)26-15-27-48(63)43-19-6-3-7-20-43/h2-39H,40-41H2,1H3. The van der Waals surface area contributed by atoms with Gasteiger partial charge < -0.3 is 19.1 Å². The van der Waals surface area contributed by atoms with Gasteiger partial charge in [0.2, 0.25) is 0 Å². The van der Waals surface area contributed by atoms with E-state index in [1.165, 1.54) is 77.4 Å². The first-order valence-corrected chi connectivity index (χ1v) is 24.6. The van der Waals surface area contributed by atoms with Gasteiger partial charge in [-0.15, -0.1) is 0 Å². The SMILES string of the molecule is CN1CN(n2c3cc(Oc4cccc(N5CN(c6c(-c7ccccc7)cccc6-c6ccccc6)c6ccccc65)c4)ccc3c3c4c(ccc32)-n2c3ccccc3c3cccc(c32)-c2ccccc2-4)C=N1. The molecule has 0 unspecified atom stereocenters. The van der Waals surface area contributed by atoms with Gasteiger partial charge in [-0.1, -0.05) is 158 Å². The molecule has 2 aromatic heterocycles. The molecule has 0 saturated carbocycles. The highest BCUT2D eigenvalue weighted by Gasteiger charge is 2.33. The highest BCUT2D eigenvalue weighted by molar-refractivity contribution is 6.23. The predicted molar refractivity (Wildman–Crippen MR) is 297 cm³/mol. The van der Waals surface area contributed by atoms with E-state index in [1.807, 2.05) is 18.4 Å². The van der Waals surface area contributed by atoms with Crippen LogP contribution in [0.4, 0.5) is 22.7 Å². The highest BCUT2D eigenvalue weighted by Crippen LogP contribution is 2.53. The van der Waals surface area contributed by atoms with Crippen molar-refractivity contribution in [3.63, 3.8) is 0 Å². The second-order valence-electron chi connectivity index (χ2n) is 18.9. The number of fused-ring (bicyclic) bond motifs is 13. The molecule has 15 rings (SSSR count). The van der Waals surface area contributed by atoms with Crippen molar-refractivity contribution in [1.82, 2.24) is 14.3 Å². The molecule has 3 aliphatic heterocycles. The Morgan fingerprint density at radius 1 is 0.431 bits per heavy atom. The van der Waals surface area contributed by atoms with Crippen LogP contribution in [0.5, 0.6) is 11.5 Å². The predicted octanol–water partition coefficient (Wildman–Crippen LogP) is 15.7. The Morgan fingerprint density at radius 3 is 1.85 bits per heavy atom. The summed E-state index contributed by atoms with van der Waals surface area (Å²) in [5, 5.41) is 13.7. The third kappa shape index (κ3) is 6.02. The van der Waals surface area contributed by atoms with Crippen LogP contribution in [0.3, 0.4) is 0 Å². The van der Waals surface area contributed by atoms with E-state index >= 15 is 0 Å². The molecule has 0 radical (unpaired) electrons. The molecular formula is C64H45N7O. The normalized spacial score (nSPS) is 13.6. The second-order valence-corrected chi connectivity index (χ2v) is 18.9. The molecule has 0 fully saturated rings. The van der Waals surface area contributed by atoms with Crippen LogP contribution >= 0.6 is 0 Å². The summed E-state index contributed by atoms with van der Waals surface area (Å²) in [7, 11) is 2.01. The molecule has 0 N–H and O–H groups in total. The first-order chi connectivity index (χ1) is 35.6. The highest BCUT2D eigenvalue weighted by atomic mass is 16.5. The number of benzene rings is 10. The Balaban J connectivity index is 0.857. The minimum atomic E-state index is 0.602. The summed E-state index contributed by atoms with van der Waals surface area (Å²) in [5.41, 5.74) is 19.8. The molecule has 5 heterocycles. The molecule has 0 bridgehead atoms. The quantitative estimate of drug-likeness (QED) is 0.159. The fraction of sp³-hybridized carbons (Fsp3) is 0.0469. The van der Waals surface area contributed by atoms with Crippen LogP contribution < -0.4 is 19.5 Å². The van der Waals surface area contributed by atoms with E-state index in [2.05, 4.69) is 249 Å². The van der Waals surface area contributed by atoms with Crippen LogP contribution in [0.15, 0.2) is 230 Å². The summed E-state index contributed by atoms with van der Waals surface area (Å²) >= 11 is 0. The van der Waals surface area contributed by atoms with Crippen LogP contribution in [0.2, 0.25) is 0 Å². The van der Waals surface area contributed by atoms with Gasteiger partial charge in [0.1, 0.15) is 31.2 Å². The molecule has 0 atom stereocenters. The summed E-state index contributed by atoms with van der Waals surface area (Å²) in [4.78, 5) is 4.87. The summed E-state index contributed by atoms with van der Waals surface area (Å²) in [5.74, 6) is 1.50. The van der Waals surface area contributed by atoms with Gasteiger partial charge >= 0.3 is 0 Å². The Hall–Kier alpha value is -9.53. The second kappa shape index (κ2) is 15.7. The lowest BCUT2D eigenvalue weighted by atomic mass is 9.91.